The average molecular weight is 321 g/mol. The Morgan fingerprint density at radius 2 is 2.00 bits per heavy atom. The molecule has 1 saturated heterocycles. The number of ether oxygens (including phenoxy) is 1. The van der Waals surface area contributed by atoms with Crippen LogP contribution in [-0.2, 0) is 24.9 Å². The Hall–Kier alpha value is -1.93. The van der Waals surface area contributed by atoms with E-state index in [1.54, 1.807) is 7.05 Å². The molecule has 2 aromatic rings. The van der Waals surface area contributed by atoms with E-state index in [1.165, 1.54) is 4.57 Å². The molecule has 8 nitrogen and oxygen atoms in total. The lowest BCUT2D eigenvalue weighted by Gasteiger charge is -2.26. The van der Waals surface area contributed by atoms with Crippen molar-refractivity contribution in [2.75, 3.05) is 26.3 Å². The Morgan fingerprint density at radius 1 is 1.26 bits per heavy atom. The van der Waals surface area contributed by atoms with Crippen molar-refractivity contribution in [2.24, 2.45) is 7.05 Å². The molecule has 0 atom stereocenters. The van der Waals surface area contributed by atoms with Crippen molar-refractivity contribution in [3.05, 3.63) is 26.7 Å². The number of hydrogen-bond acceptors (Lipinski definition) is 5. The molecule has 0 radical (unpaired) electrons. The Kier molecular flexibility index (Phi) is 4.63. The zero-order valence-electron chi connectivity index (χ0n) is 13.7. The molecule has 3 rings (SSSR count). The minimum absolute atomic E-state index is 0.361. The van der Waals surface area contributed by atoms with Crippen molar-refractivity contribution < 1.29 is 4.74 Å². The maximum atomic E-state index is 12.3. The molecule has 0 bridgehead atoms. The van der Waals surface area contributed by atoms with E-state index in [4.69, 9.17) is 4.74 Å². The van der Waals surface area contributed by atoms with Gasteiger partial charge in [-0.15, -0.1) is 0 Å². The number of aromatic amines is 1. The van der Waals surface area contributed by atoms with Crippen LogP contribution in [0.4, 0.5) is 0 Å². The second-order valence-corrected chi connectivity index (χ2v) is 5.91. The molecular formula is C15H23N5O3. The normalized spacial score (nSPS) is 16.3. The summed E-state index contributed by atoms with van der Waals surface area (Å²) in [7, 11) is 1.64. The van der Waals surface area contributed by atoms with E-state index in [9.17, 15) is 9.59 Å². The standard InChI is InChI=1S/C15H23N5O3/c1-3-4-5-20-11(10-19-6-8-23-9-7-19)16-13-12(20)14(21)17-15(22)18(13)2/h3-10H2,1-2H3,(H,17,21,22). The topological polar surface area (TPSA) is 85.2 Å². The Bertz CT molecular complexity index is 798. The summed E-state index contributed by atoms with van der Waals surface area (Å²) >= 11 is 0. The van der Waals surface area contributed by atoms with Gasteiger partial charge in [-0.2, -0.15) is 0 Å². The van der Waals surface area contributed by atoms with E-state index in [0.717, 1.165) is 38.3 Å². The van der Waals surface area contributed by atoms with Crippen molar-refractivity contribution in [2.45, 2.75) is 32.9 Å². The van der Waals surface area contributed by atoms with Crippen LogP contribution in [0.3, 0.4) is 0 Å². The van der Waals surface area contributed by atoms with E-state index < -0.39 is 5.69 Å². The minimum Gasteiger partial charge on any atom is -0.379 e. The molecule has 1 N–H and O–H groups in total. The molecule has 1 aliphatic rings. The van der Waals surface area contributed by atoms with Gasteiger partial charge in [0.15, 0.2) is 11.2 Å². The third-order valence-corrected chi connectivity index (χ3v) is 4.29. The highest BCUT2D eigenvalue weighted by Gasteiger charge is 2.20. The van der Waals surface area contributed by atoms with Gasteiger partial charge in [0, 0.05) is 26.7 Å². The van der Waals surface area contributed by atoms with Crippen LogP contribution in [0.25, 0.3) is 11.2 Å². The first-order chi connectivity index (χ1) is 11.1. The monoisotopic (exact) mass is 321 g/mol. The number of aryl methyl sites for hydroxylation is 2. The van der Waals surface area contributed by atoms with Gasteiger partial charge < -0.3 is 9.30 Å². The molecule has 23 heavy (non-hydrogen) atoms. The summed E-state index contributed by atoms with van der Waals surface area (Å²) in [5.41, 5.74) is 0.155. The molecule has 0 spiro atoms. The Morgan fingerprint density at radius 3 is 2.70 bits per heavy atom. The summed E-state index contributed by atoms with van der Waals surface area (Å²) in [6.07, 6.45) is 1.99. The molecule has 1 aliphatic heterocycles. The maximum Gasteiger partial charge on any atom is 0.329 e. The number of morpholine rings is 1. The fourth-order valence-electron chi connectivity index (χ4n) is 2.92. The van der Waals surface area contributed by atoms with E-state index in [1.807, 2.05) is 4.57 Å². The molecule has 2 aromatic heterocycles. The molecular weight excluding hydrogens is 298 g/mol. The number of imidazole rings is 1. The van der Waals surface area contributed by atoms with Crippen molar-refractivity contribution in [1.29, 1.82) is 0 Å². The van der Waals surface area contributed by atoms with E-state index in [2.05, 4.69) is 21.8 Å². The lowest BCUT2D eigenvalue weighted by Crippen LogP contribution is -2.36. The van der Waals surface area contributed by atoms with Gasteiger partial charge in [0.1, 0.15) is 5.82 Å². The van der Waals surface area contributed by atoms with Crippen molar-refractivity contribution in [1.82, 2.24) is 24.0 Å². The lowest BCUT2D eigenvalue weighted by atomic mass is 10.3. The predicted molar refractivity (Wildman–Crippen MR) is 86.6 cm³/mol. The Labute approximate surface area is 133 Å². The van der Waals surface area contributed by atoms with E-state index in [0.29, 0.717) is 30.9 Å². The van der Waals surface area contributed by atoms with Crippen LogP contribution < -0.4 is 11.2 Å². The van der Waals surface area contributed by atoms with Crippen LogP contribution in [0.2, 0.25) is 0 Å². The van der Waals surface area contributed by atoms with E-state index in [-0.39, 0.29) is 5.56 Å². The highest BCUT2D eigenvalue weighted by atomic mass is 16.5. The lowest BCUT2D eigenvalue weighted by molar-refractivity contribution is 0.0326. The molecule has 8 heteroatoms. The van der Waals surface area contributed by atoms with Crippen LogP contribution in [0.15, 0.2) is 9.59 Å². The van der Waals surface area contributed by atoms with Crippen LogP contribution in [0.1, 0.15) is 25.6 Å². The van der Waals surface area contributed by atoms with Crippen LogP contribution in [0.5, 0.6) is 0 Å². The van der Waals surface area contributed by atoms with Gasteiger partial charge in [-0.3, -0.25) is 19.2 Å². The number of nitrogens with zero attached hydrogens (tertiary/aromatic N) is 4. The van der Waals surface area contributed by atoms with Gasteiger partial charge >= 0.3 is 5.69 Å². The number of nitrogens with one attached hydrogen (secondary N) is 1. The number of fused-ring (bicyclic) bond motifs is 1. The van der Waals surface area contributed by atoms with Crippen molar-refractivity contribution in [3.63, 3.8) is 0 Å². The van der Waals surface area contributed by atoms with E-state index >= 15 is 0 Å². The zero-order chi connectivity index (χ0) is 16.4. The molecule has 0 unspecified atom stereocenters. The molecule has 1 fully saturated rings. The van der Waals surface area contributed by atoms with Gasteiger partial charge in [0.25, 0.3) is 5.56 Å². The number of hydrogen-bond donors (Lipinski definition) is 1. The summed E-state index contributed by atoms with van der Waals surface area (Å²) in [5, 5.41) is 0. The fourth-order valence-corrected chi connectivity index (χ4v) is 2.92. The molecule has 126 valence electrons. The summed E-state index contributed by atoms with van der Waals surface area (Å²) < 4.78 is 8.75. The third kappa shape index (κ3) is 3.09. The van der Waals surface area contributed by atoms with Crippen LogP contribution in [0, 0.1) is 0 Å². The van der Waals surface area contributed by atoms with Crippen LogP contribution in [-0.4, -0.2) is 50.3 Å². The third-order valence-electron chi connectivity index (χ3n) is 4.29. The first-order valence-corrected chi connectivity index (χ1v) is 8.10. The molecule has 0 saturated carbocycles. The number of rotatable bonds is 5. The van der Waals surface area contributed by atoms with Gasteiger partial charge in [-0.25, -0.2) is 9.78 Å². The predicted octanol–water partition coefficient (Wildman–Crippen LogP) is 0.0556. The molecule has 3 heterocycles. The van der Waals surface area contributed by atoms with Gasteiger partial charge in [-0.1, -0.05) is 13.3 Å². The maximum absolute atomic E-state index is 12.3. The first-order valence-electron chi connectivity index (χ1n) is 8.10. The highest BCUT2D eigenvalue weighted by Crippen LogP contribution is 2.15. The minimum atomic E-state index is -0.430. The largest absolute Gasteiger partial charge is 0.379 e. The number of H-pyrrole nitrogens is 1. The molecule has 0 amide bonds. The molecule has 0 aromatic carbocycles. The first kappa shape index (κ1) is 15.9. The summed E-state index contributed by atoms with van der Waals surface area (Å²) in [5.74, 6) is 0.835. The second-order valence-electron chi connectivity index (χ2n) is 5.91. The SMILES string of the molecule is CCCCn1c(CN2CCOCC2)nc2c1c(=O)[nH]c(=O)n2C. The van der Waals surface area contributed by atoms with Gasteiger partial charge in [0.05, 0.1) is 19.8 Å². The average Bonchev–Trinajstić information content (AvgIpc) is 2.90. The van der Waals surface area contributed by atoms with Gasteiger partial charge in [0.2, 0.25) is 0 Å². The van der Waals surface area contributed by atoms with Gasteiger partial charge in [-0.05, 0) is 6.42 Å². The highest BCUT2D eigenvalue weighted by molar-refractivity contribution is 5.70. The molecule has 0 aliphatic carbocycles. The number of unbranched alkanes of at least 4 members (excludes halogenated alkanes) is 1. The van der Waals surface area contributed by atoms with Crippen molar-refractivity contribution >= 4 is 11.2 Å². The zero-order valence-corrected chi connectivity index (χ0v) is 13.7. The summed E-state index contributed by atoms with van der Waals surface area (Å²) in [6.45, 7) is 6.64. The smallest absolute Gasteiger partial charge is 0.329 e. The quantitative estimate of drug-likeness (QED) is 0.841. The summed E-state index contributed by atoms with van der Waals surface area (Å²) in [6, 6.07) is 0. The second kappa shape index (κ2) is 6.67. The Balaban J connectivity index is 2.07. The van der Waals surface area contributed by atoms with Crippen molar-refractivity contribution in [3.8, 4) is 0 Å². The number of aromatic nitrogens is 4. The van der Waals surface area contributed by atoms with Crippen LogP contribution >= 0.6 is 0 Å². The summed E-state index contributed by atoms with van der Waals surface area (Å²) in [4.78, 5) is 33.3. The fraction of sp³-hybridized carbons (Fsp3) is 0.667.